The van der Waals surface area contributed by atoms with Crippen molar-refractivity contribution in [1.82, 2.24) is 5.32 Å². The van der Waals surface area contributed by atoms with E-state index >= 15 is 0 Å². The van der Waals surface area contributed by atoms with Crippen LogP contribution in [-0.4, -0.2) is 13.0 Å². The van der Waals surface area contributed by atoms with Crippen LogP contribution in [0.2, 0.25) is 0 Å². The van der Waals surface area contributed by atoms with Crippen LogP contribution in [-0.2, 0) is 11.2 Å². The Labute approximate surface area is 132 Å². The molecule has 0 fully saturated rings. The number of rotatable bonds is 6. The summed E-state index contributed by atoms with van der Waals surface area (Å²) in [6.07, 6.45) is 1.25. The van der Waals surface area contributed by atoms with Crippen LogP contribution in [0.5, 0.6) is 5.75 Å². The van der Waals surface area contributed by atoms with Crippen molar-refractivity contribution in [3.63, 3.8) is 0 Å². The molecule has 22 heavy (non-hydrogen) atoms. The first kappa shape index (κ1) is 16.1. The molecule has 0 radical (unpaired) electrons. The highest BCUT2D eigenvalue weighted by Crippen LogP contribution is 2.18. The van der Waals surface area contributed by atoms with Crippen molar-refractivity contribution < 1.29 is 9.53 Å². The van der Waals surface area contributed by atoms with Crippen molar-refractivity contribution in [2.45, 2.75) is 32.7 Å². The van der Waals surface area contributed by atoms with Gasteiger partial charge in [-0.05, 0) is 36.6 Å². The quantitative estimate of drug-likeness (QED) is 0.880. The zero-order valence-corrected chi connectivity index (χ0v) is 13.4. The van der Waals surface area contributed by atoms with Crippen LogP contribution in [0.4, 0.5) is 0 Å². The molecule has 1 N–H and O–H groups in total. The van der Waals surface area contributed by atoms with E-state index in [1.54, 1.807) is 7.11 Å². The molecular formula is C19H23NO2. The molecule has 0 aliphatic heterocycles. The summed E-state index contributed by atoms with van der Waals surface area (Å²) in [4.78, 5) is 12.2. The van der Waals surface area contributed by atoms with Gasteiger partial charge in [-0.15, -0.1) is 0 Å². The molecule has 0 unspecified atom stereocenters. The van der Waals surface area contributed by atoms with E-state index in [1.807, 2.05) is 24.3 Å². The number of hydrogen-bond donors (Lipinski definition) is 1. The van der Waals surface area contributed by atoms with Crippen molar-refractivity contribution in [2.75, 3.05) is 7.11 Å². The SMILES string of the molecule is CC[C@@H](NC(=O)Cc1ccc(OC)cc1)c1ccc(C)cc1. The molecule has 0 saturated carbocycles. The summed E-state index contributed by atoms with van der Waals surface area (Å²) in [5.41, 5.74) is 3.36. The molecule has 2 rings (SSSR count). The maximum absolute atomic E-state index is 12.2. The summed E-state index contributed by atoms with van der Waals surface area (Å²) in [7, 11) is 1.63. The predicted octanol–water partition coefficient (Wildman–Crippen LogP) is 3.81. The molecule has 3 nitrogen and oxygen atoms in total. The van der Waals surface area contributed by atoms with Crippen molar-refractivity contribution in [3.8, 4) is 5.75 Å². The molecule has 2 aromatic carbocycles. The Hall–Kier alpha value is -2.29. The largest absolute Gasteiger partial charge is 0.497 e. The molecule has 0 bridgehead atoms. The Bertz CT molecular complexity index is 602. The van der Waals surface area contributed by atoms with Crippen LogP contribution in [0, 0.1) is 6.92 Å². The van der Waals surface area contributed by atoms with Gasteiger partial charge >= 0.3 is 0 Å². The van der Waals surface area contributed by atoms with Gasteiger partial charge in [0.2, 0.25) is 5.91 Å². The molecule has 0 aliphatic carbocycles. The van der Waals surface area contributed by atoms with Gasteiger partial charge in [-0.2, -0.15) is 0 Å². The van der Waals surface area contributed by atoms with Gasteiger partial charge in [-0.1, -0.05) is 48.9 Å². The summed E-state index contributed by atoms with van der Waals surface area (Å²) in [5.74, 6) is 0.841. The number of carbonyl (C=O) groups excluding carboxylic acids is 1. The lowest BCUT2D eigenvalue weighted by Gasteiger charge is -2.18. The predicted molar refractivity (Wildman–Crippen MR) is 89.1 cm³/mol. The fraction of sp³-hybridized carbons (Fsp3) is 0.316. The zero-order valence-electron chi connectivity index (χ0n) is 13.4. The molecule has 1 atom stereocenters. The second kappa shape index (κ2) is 7.64. The van der Waals surface area contributed by atoms with Crippen LogP contribution < -0.4 is 10.1 Å². The smallest absolute Gasteiger partial charge is 0.224 e. The number of hydrogen-bond acceptors (Lipinski definition) is 2. The third-order valence-corrected chi connectivity index (χ3v) is 3.75. The van der Waals surface area contributed by atoms with E-state index in [4.69, 9.17) is 4.74 Å². The lowest BCUT2D eigenvalue weighted by molar-refractivity contribution is -0.121. The van der Waals surface area contributed by atoms with Gasteiger partial charge in [0.15, 0.2) is 0 Å². The molecule has 1 amide bonds. The monoisotopic (exact) mass is 297 g/mol. The summed E-state index contributed by atoms with van der Waals surface area (Å²) in [6, 6.07) is 16.0. The van der Waals surface area contributed by atoms with Crippen molar-refractivity contribution >= 4 is 5.91 Å². The lowest BCUT2D eigenvalue weighted by Crippen LogP contribution is -2.29. The van der Waals surface area contributed by atoms with E-state index in [1.165, 1.54) is 5.56 Å². The van der Waals surface area contributed by atoms with E-state index in [0.29, 0.717) is 6.42 Å². The first-order valence-corrected chi connectivity index (χ1v) is 7.61. The molecule has 3 heteroatoms. The van der Waals surface area contributed by atoms with Crippen LogP contribution in [0.3, 0.4) is 0 Å². The average Bonchev–Trinajstić information content (AvgIpc) is 2.54. The number of benzene rings is 2. The standard InChI is InChI=1S/C19H23NO2/c1-4-18(16-9-5-14(2)6-10-16)20-19(21)13-15-7-11-17(22-3)12-8-15/h5-12,18H,4,13H2,1-3H3,(H,20,21)/t18-/m1/s1. The lowest BCUT2D eigenvalue weighted by atomic mass is 10.0. The number of ether oxygens (including phenoxy) is 1. The Morgan fingerprint density at radius 2 is 1.73 bits per heavy atom. The second-order valence-electron chi connectivity index (χ2n) is 5.46. The van der Waals surface area contributed by atoms with Gasteiger partial charge in [-0.3, -0.25) is 4.79 Å². The topological polar surface area (TPSA) is 38.3 Å². The van der Waals surface area contributed by atoms with Gasteiger partial charge in [0.05, 0.1) is 19.6 Å². The van der Waals surface area contributed by atoms with Crippen LogP contribution in [0.15, 0.2) is 48.5 Å². The number of methoxy groups -OCH3 is 1. The Balaban J connectivity index is 1.98. The first-order chi connectivity index (χ1) is 10.6. The third kappa shape index (κ3) is 4.35. The Morgan fingerprint density at radius 1 is 1.09 bits per heavy atom. The molecule has 0 aromatic heterocycles. The number of nitrogens with one attached hydrogen (secondary N) is 1. The van der Waals surface area contributed by atoms with Gasteiger partial charge in [0.1, 0.15) is 5.75 Å². The minimum Gasteiger partial charge on any atom is -0.497 e. The number of amides is 1. The summed E-state index contributed by atoms with van der Waals surface area (Å²) in [6.45, 7) is 4.14. The normalized spacial score (nSPS) is 11.8. The van der Waals surface area contributed by atoms with E-state index in [2.05, 4.69) is 43.4 Å². The molecule has 0 aliphatic rings. The minimum absolute atomic E-state index is 0.0394. The molecule has 2 aromatic rings. The summed E-state index contributed by atoms with van der Waals surface area (Å²) in [5, 5.41) is 3.11. The fourth-order valence-electron chi connectivity index (χ4n) is 2.39. The van der Waals surface area contributed by atoms with Crippen molar-refractivity contribution in [3.05, 3.63) is 65.2 Å². The minimum atomic E-state index is 0.0394. The Morgan fingerprint density at radius 3 is 2.27 bits per heavy atom. The van der Waals surface area contributed by atoms with Crippen LogP contribution >= 0.6 is 0 Å². The molecule has 0 saturated heterocycles. The van der Waals surface area contributed by atoms with Crippen molar-refractivity contribution in [1.29, 1.82) is 0 Å². The van der Waals surface area contributed by atoms with Crippen molar-refractivity contribution in [2.24, 2.45) is 0 Å². The first-order valence-electron chi connectivity index (χ1n) is 7.61. The zero-order chi connectivity index (χ0) is 15.9. The highest BCUT2D eigenvalue weighted by Gasteiger charge is 2.13. The van der Waals surface area contributed by atoms with E-state index < -0.39 is 0 Å². The molecular weight excluding hydrogens is 274 g/mol. The highest BCUT2D eigenvalue weighted by molar-refractivity contribution is 5.79. The molecule has 0 spiro atoms. The van der Waals surface area contributed by atoms with Crippen LogP contribution in [0.1, 0.15) is 36.1 Å². The van der Waals surface area contributed by atoms with Gasteiger partial charge < -0.3 is 10.1 Å². The van der Waals surface area contributed by atoms with Crippen LogP contribution in [0.25, 0.3) is 0 Å². The third-order valence-electron chi connectivity index (χ3n) is 3.75. The van der Waals surface area contributed by atoms with Gasteiger partial charge in [0.25, 0.3) is 0 Å². The number of aryl methyl sites for hydroxylation is 1. The maximum atomic E-state index is 12.2. The Kier molecular flexibility index (Phi) is 5.59. The molecule has 116 valence electrons. The van der Waals surface area contributed by atoms with Gasteiger partial charge in [-0.25, -0.2) is 0 Å². The fourth-order valence-corrected chi connectivity index (χ4v) is 2.39. The average molecular weight is 297 g/mol. The highest BCUT2D eigenvalue weighted by atomic mass is 16.5. The summed E-state index contributed by atoms with van der Waals surface area (Å²) >= 11 is 0. The second-order valence-corrected chi connectivity index (χ2v) is 5.46. The maximum Gasteiger partial charge on any atom is 0.224 e. The van der Waals surface area contributed by atoms with Gasteiger partial charge in [0, 0.05) is 0 Å². The van der Waals surface area contributed by atoms with E-state index in [0.717, 1.165) is 23.3 Å². The molecule has 0 heterocycles. The van der Waals surface area contributed by atoms with E-state index in [9.17, 15) is 4.79 Å². The number of carbonyl (C=O) groups is 1. The summed E-state index contributed by atoms with van der Waals surface area (Å²) < 4.78 is 5.12. The van der Waals surface area contributed by atoms with E-state index in [-0.39, 0.29) is 11.9 Å².